The van der Waals surface area contributed by atoms with E-state index in [1.807, 2.05) is 43.3 Å². The number of amides is 1. The molecular weight excluding hydrogens is 585 g/mol. The summed E-state index contributed by atoms with van der Waals surface area (Å²) in [5.41, 5.74) is 4.50. The average Bonchev–Trinajstić information content (AvgIpc) is 2.79. The van der Waals surface area contributed by atoms with Gasteiger partial charge in [-0.05, 0) is 77.7 Å². The van der Waals surface area contributed by atoms with Crippen LogP contribution in [0.3, 0.4) is 0 Å². The third-order valence-corrected chi connectivity index (χ3v) is 6.52. The molecule has 2 N–H and O–H groups in total. The largest absolute Gasteiger partial charge is 0.490 e. The molecule has 2 aromatic carbocycles. The van der Waals surface area contributed by atoms with Crippen molar-refractivity contribution in [3.8, 4) is 11.5 Å². The lowest BCUT2D eigenvalue weighted by Gasteiger charge is -2.22. The minimum Gasteiger partial charge on any atom is -0.490 e. The minimum atomic E-state index is -0.138. The summed E-state index contributed by atoms with van der Waals surface area (Å²) in [6, 6.07) is 12.3. The maximum atomic E-state index is 12.1. The van der Waals surface area contributed by atoms with Crippen LogP contribution in [0.25, 0.3) is 0 Å². The second-order valence-electron chi connectivity index (χ2n) is 7.69. The molecule has 2 aromatic rings. The molecule has 0 heterocycles. The van der Waals surface area contributed by atoms with Gasteiger partial charge in [0.05, 0.1) is 22.9 Å². The van der Waals surface area contributed by atoms with Crippen LogP contribution >= 0.6 is 38.5 Å². The Morgan fingerprint density at radius 2 is 1.94 bits per heavy atom. The molecule has 0 atom stereocenters. The number of nitrogens with one attached hydrogen (secondary N) is 2. The molecule has 0 bridgehead atoms. The predicted molar refractivity (Wildman–Crippen MR) is 139 cm³/mol. The van der Waals surface area contributed by atoms with Gasteiger partial charge in [-0.25, -0.2) is 5.43 Å². The van der Waals surface area contributed by atoms with Crippen LogP contribution in [0.15, 0.2) is 46.0 Å². The summed E-state index contributed by atoms with van der Waals surface area (Å²) in [7, 11) is 0. The SMILES string of the molecule is CCOc1cc(/C=N\NC(=O)CNC2CCCCC2)cc(I)c1OCc1ccc(Br)cc1. The normalized spacial score (nSPS) is 14.5. The number of hydrogen-bond acceptors (Lipinski definition) is 5. The zero-order valence-corrected chi connectivity index (χ0v) is 21.9. The molecule has 1 aliphatic rings. The van der Waals surface area contributed by atoms with E-state index in [-0.39, 0.29) is 12.5 Å². The molecule has 1 aliphatic carbocycles. The number of rotatable bonds is 10. The van der Waals surface area contributed by atoms with Crippen molar-refractivity contribution < 1.29 is 14.3 Å². The van der Waals surface area contributed by atoms with Gasteiger partial charge in [0.15, 0.2) is 11.5 Å². The number of benzene rings is 2. The Labute approximate surface area is 211 Å². The Morgan fingerprint density at radius 3 is 2.66 bits per heavy atom. The molecule has 0 saturated heterocycles. The van der Waals surface area contributed by atoms with Gasteiger partial charge in [-0.3, -0.25) is 4.79 Å². The molecule has 0 unspecified atom stereocenters. The Kier molecular flexibility index (Phi) is 10.3. The zero-order chi connectivity index (χ0) is 22.8. The van der Waals surface area contributed by atoms with E-state index in [0.717, 1.165) is 32.0 Å². The van der Waals surface area contributed by atoms with Crippen LogP contribution in [0.4, 0.5) is 0 Å². The highest BCUT2D eigenvalue weighted by atomic mass is 127. The summed E-state index contributed by atoms with van der Waals surface area (Å²) in [6.07, 6.45) is 7.69. The molecule has 172 valence electrons. The molecule has 0 radical (unpaired) electrons. The van der Waals surface area contributed by atoms with Gasteiger partial charge in [0, 0.05) is 10.5 Å². The van der Waals surface area contributed by atoms with Crippen molar-refractivity contribution in [2.24, 2.45) is 5.10 Å². The van der Waals surface area contributed by atoms with E-state index < -0.39 is 0 Å². The number of ether oxygens (including phenoxy) is 2. The van der Waals surface area contributed by atoms with Crippen LogP contribution in [-0.4, -0.2) is 31.3 Å². The first kappa shape index (κ1) is 25.0. The first-order valence-electron chi connectivity index (χ1n) is 10.9. The van der Waals surface area contributed by atoms with Gasteiger partial charge in [-0.2, -0.15) is 5.10 Å². The van der Waals surface area contributed by atoms with E-state index in [1.54, 1.807) is 6.21 Å². The molecule has 0 aromatic heterocycles. The summed E-state index contributed by atoms with van der Waals surface area (Å²) in [6.45, 7) is 3.19. The third-order valence-electron chi connectivity index (χ3n) is 5.19. The van der Waals surface area contributed by atoms with Crippen LogP contribution < -0.4 is 20.2 Å². The van der Waals surface area contributed by atoms with E-state index >= 15 is 0 Å². The first-order valence-corrected chi connectivity index (χ1v) is 12.8. The van der Waals surface area contributed by atoms with Crippen molar-refractivity contribution in [3.63, 3.8) is 0 Å². The van der Waals surface area contributed by atoms with Crippen LogP contribution in [0.1, 0.15) is 50.2 Å². The number of hydrazone groups is 1. The van der Waals surface area contributed by atoms with Crippen molar-refractivity contribution in [3.05, 3.63) is 55.6 Å². The van der Waals surface area contributed by atoms with Crippen LogP contribution in [0.5, 0.6) is 11.5 Å². The summed E-state index contributed by atoms with van der Waals surface area (Å²) >= 11 is 5.68. The maximum Gasteiger partial charge on any atom is 0.254 e. The molecule has 6 nitrogen and oxygen atoms in total. The molecule has 3 rings (SSSR count). The van der Waals surface area contributed by atoms with E-state index in [2.05, 4.69) is 54.4 Å². The van der Waals surface area contributed by atoms with Crippen molar-refractivity contribution in [2.75, 3.05) is 13.2 Å². The predicted octanol–water partition coefficient (Wildman–Crippen LogP) is 5.40. The molecule has 1 amide bonds. The fourth-order valence-corrected chi connectivity index (χ4v) is 4.61. The van der Waals surface area contributed by atoms with E-state index in [1.165, 1.54) is 19.3 Å². The van der Waals surface area contributed by atoms with E-state index in [4.69, 9.17) is 9.47 Å². The quantitative estimate of drug-likeness (QED) is 0.214. The standard InChI is InChI=1S/C24H29BrIN3O3/c1-2-31-22-13-18(14-28-29-23(30)15-27-20-6-4-3-5-7-20)12-21(26)24(22)32-16-17-8-10-19(25)11-9-17/h8-14,20,27H,2-7,15-16H2,1H3,(H,29,30)/b28-14-. The second kappa shape index (κ2) is 13.2. The van der Waals surface area contributed by atoms with Crippen molar-refractivity contribution in [2.45, 2.75) is 51.7 Å². The van der Waals surface area contributed by atoms with Gasteiger partial charge < -0.3 is 14.8 Å². The van der Waals surface area contributed by atoms with E-state index in [0.29, 0.717) is 30.8 Å². The highest BCUT2D eigenvalue weighted by Gasteiger charge is 2.14. The lowest BCUT2D eigenvalue weighted by Crippen LogP contribution is -2.38. The van der Waals surface area contributed by atoms with Crippen LogP contribution in [0.2, 0.25) is 0 Å². The maximum absolute atomic E-state index is 12.1. The fourth-order valence-electron chi connectivity index (χ4n) is 3.56. The number of carbonyl (C=O) groups excluding carboxylic acids is 1. The Morgan fingerprint density at radius 1 is 1.19 bits per heavy atom. The highest BCUT2D eigenvalue weighted by molar-refractivity contribution is 14.1. The molecule has 1 fully saturated rings. The van der Waals surface area contributed by atoms with Crippen molar-refractivity contribution >= 4 is 50.6 Å². The van der Waals surface area contributed by atoms with Gasteiger partial charge in [-0.1, -0.05) is 47.3 Å². The minimum absolute atomic E-state index is 0.138. The van der Waals surface area contributed by atoms with Crippen molar-refractivity contribution in [1.29, 1.82) is 0 Å². The topological polar surface area (TPSA) is 72.0 Å². The second-order valence-corrected chi connectivity index (χ2v) is 9.77. The van der Waals surface area contributed by atoms with Gasteiger partial charge >= 0.3 is 0 Å². The van der Waals surface area contributed by atoms with Crippen LogP contribution in [-0.2, 0) is 11.4 Å². The third kappa shape index (κ3) is 8.04. The monoisotopic (exact) mass is 613 g/mol. The summed E-state index contributed by atoms with van der Waals surface area (Å²) in [5, 5.41) is 7.43. The summed E-state index contributed by atoms with van der Waals surface area (Å²) in [4.78, 5) is 12.1. The molecule has 1 saturated carbocycles. The Bertz CT molecular complexity index is 915. The van der Waals surface area contributed by atoms with Gasteiger partial charge in [0.1, 0.15) is 6.61 Å². The Balaban J connectivity index is 1.57. The molecule has 32 heavy (non-hydrogen) atoms. The molecular formula is C24H29BrIN3O3. The smallest absolute Gasteiger partial charge is 0.254 e. The number of hydrogen-bond donors (Lipinski definition) is 2. The van der Waals surface area contributed by atoms with E-state index in [9.17, 15) is 4.79 Å². The van der Waals surface area contributed by atoms with Crippen molar-refractivity contribution in [1.82, 2.24) is 10.7 Å². The highest BCUT2D eigenvalue weighted by Crippen LogP contribution is 2.34. The fraction of sp³-hybridized carbons (Fsp3) is 0.417. The molecule has 0 spiro atoms. The number of halogens is 2. The molecule has 8 heteroatoms. The zero-order valence-electron chi connectivity index (χ0n) is 18.2. The summed E-state index contributed by atoms with van der Waals surface area (Å²) in [5.74, 6) is 1.22. The van der Waals surface area contributed by atoms with Gasteiger partial charge in [-0.15, -0.1) is 0 Å². The van der Waals surface area contributed by atoms with Gasteiger partial charge in [0.25, 0.3) is 5.91 Å². The first-order chi connectivity index (χ1) is 15.5. The summed E-state index contributed by atoms with van der Waals surface area (Å²) < 4.78 is 13.8. The number of carbonyl (C=O) groups is 1. The number of nitrogens with zero attached hydrogens (tertiary/aromatic N) is 1. The lowest BCUT2D eigenvalue weighted by molar-refractivity contribution is -0.120. The van der Waals surface area contributed by atoms with Gasteiger partial charge in [0.2, 0.25) is 0 Å². The van der Waals surface area contributed by atoms with Crippen LogP contribution in [0, 0.1) is 3.57 Å². The molecule has 0 aliphatic heterocycles. The average molecular weight is 614 g/mol. The lowest BCUT2D eigenvalue weighted by atomic mass is 9.95. The Hall–Kier alpha value is -1.65.